The van der Waals surface area contributed by atoms with Gasteiger partial charge >= 0.3 is 5.97 Å². The van der Waals surface area contributed by atoms with Gasteiger partial charge in [0, 0.05) is 24.8 Å². The minimum Gasteiger partial charge on any atom is -0.455 e. The van der Waals surface area contributed by atoms with Gasteiger partial charge in [0.2, 0.25) is 5.89 Å². The van der Waals surface area contributed by atoms with Crippen molar-refractivity contribution in [2.24, 2.45) is 0 Å². The zero-order chi connectivity index (χ0) is 21.1. The number of carbonyl (C=O) groups is 1. The summed E-state index contributed by atoms with van der Waals surface area (Å²) in [6.07, 6.45) is 0. The summed E-state index contributed by atoms with van der Waals surface area (Å²) in [5.41, 5.74) is 0.795. The maximum atomic E-state index is 12.7. The van der Waals surface area contributed by atoms with Gasteiger partial charge in [-0.3, -0.25) is 10.1 Å². The Morgan fingerprint density at radius 3 is 2.83 bits per heavy atom. The van der Waals surface area contributed by atoms with Crippen molar-refractivity contribution < 1.29 is 23.6 Å². The molecule has 0 spiro atoms. The molecule has 30 heavy (non-hydrogen) atoms. The third-order valence-corrected chi connectivity index (χ3v) is 5.60. The second-order valence-electron chi connectivity index (χ2n) is 6.63. The number of nitro benzene ring substituents is 1. The minimum absolute atomic E-state index is 0.0939. The van der Waals surface area contributed by atoms with Gasteiger partial charge in [-0.25, -0.2) is 9.78 Å². The SMILES string of the molecule is Cc1oc(-c2cccs2)nc1COC(=O)c1cc(N2CCOCC2)ccc1[N+](=O)[O-]. The van der Waals surface area contributed by atoms with E-state index in [1.54, 1.807) is 13.0 Å². The van der Waals surface area contributed by atoms with Crippen LogP contribution in [0.15, 0.2) is 40.1 Å². The highest BCUT2D eigenvalue weighted by molar-refractivity contribution is 7.13. The number of rotatable bonds is 6. The smallest absolute Gasteiger partial charge is 0.345 e. The third kappa shape index (κ3) is 4.19. The van der Waals surface area contributed by atoms with Crippen LogP contribution in [0.3, 0.4) is 0 Å². The van der Waals surface area contributed by atoms with Gasteiger partial charge in [-0.1, -0.05) is 6.07 Å². The van der Waals surface area contributed by atoms with Crippen molar-refractivity contribution in [3.8, 4) is 10.8 Å². The topological polar surface area (TPSA) is 108 Å². The van der Waals surface area contributed by atoms with Gasteiger partial charge in [-0.2, -0.15) is 0 Å². The van der Waals surface area contributed by atoms with E-state index in [2.05, 4.69) is 4.98 Å². The Labute approximate surface area is 176 Å². The molecular weight excluding hydrogens is 410 g/mol. The Morgan fingerprint density at radius 2 is 2.13 bits per heavy atom. The first kappa shape index (κ1) is 20.0. The van der Waals surface area contributed by atoms with E-state index in [4.69, 9.17) is 13.9 Å². The highest BCUT2D eigenvalue weighted by atomic mass is 32.1. The summed E-state index contributed by atoms with van der Waals surface area (Å²) in [7, 11) is 0. The number of carbonyl (C=O) groups excluding carboxylic acids is 1. The number of esters is 1. The fraction of sp³-hybridized carbons (Fsp3) is 0.300. The lowest BCUT2D eigenvalue weighted by molar-refractivity contribution is -0.385. The van der Waals surface area contributed by atoms with Gasteiger partial charge in [-0.15, -0.1) is 11.3 Å². The number of ether oxygens (including phenoxy) is 2. The molecule has 0 amide bonds. The Bertz CT molecular complexity index is 1060. The van der Waals surface area contributed by atoms with Gasteiger partial charge in [0.25, 0.3) is 5.69 Å². The van der Waals surface area contributed by atoms with Crippen molar-refractivity contribution in [2.75, 3.05) is 31.2 Å². The number of hydrogen-bond acceptors (Lipinski definition) is 9. The highest BCUT2D eigenvalue weighted by Crippen LogP contribution is 2.28. The lowest BCUT2D eigenvalue weighted by atomic mass is 10.1. The first-order chi connectivity index (χ1) is 14.5. The molecule has 0 aliphatic carbocycles. The van der Waals surface area contributed by atoms with Crippen molar-refractivity contribution >= 4 is 28.7 Å². The molecule has 3 aromatic rings. The Hall–Kier alpha value is -3.24. The Kier molecular flexibility index (Phi) is 5.77. The summed E-state index contributed by atoms with van der Waals surface area (Å²) < 4.78 is 16.3. The molecule has 0 atom stereocenters. The average molecular weight is 429 g/mol. The molecule has 0 bridgehead atoms. The minimum atomic E-state index is -0.781. The van der Waals surface area contributed by atoms with Crippen LogP contribution in [0.1, 0.15) is 21.8 Å². The van der Waals surface area contributed by atoms with E-state index in [1.165, 1.54) is 23.5 Å². The third-order valence-electron chi connectivity index (χ3n) is 4.74. The predicted octanol–water partition coefficient (Wildman–Crippen LogP) is 3.81. The van der Waals surface area contributed by atoms with E-state index in [0.29, 0.717) is 49.3 Å². The lowest BCUT2D eigenvalue weighted by Gasteiger charge is -2.29. The summed E-state index contributed by atoms with van der Waals surface area (Å²) in [6.45, 7) is 4.02. The van der Waals surface area contributed by atoms with Gasteiger partial charge in [0.05, 0.1) is 23.0 Å². The van der Waals surface area contributed by atoms with Crippen LogP contribution >= 0.6 is 11.3 Å². The summed E-state index contributed by atoms with van der Waals surface area (Å²) in [6, 6.07) is 8.23. The maximum absolute atomic E-state index is 12.7. The number of anilines is 1. The summed E-state index contributed by atoms with van der Waals surface area (Å²) in [5, 5.41) is 13.3. The molecule has 4 rings (SSSR count). The number of aryl methyl sites for hydroxylation is 1. The number of morpholine rings is 1. The van der Waals surface area contributed by atoms with Crippen molar-refractivity contribution in [3.05, 3.63) is 62.8 Å². The molecule has 0 unspecified atom stereocenters. The molecule has 0 saturated carbocycles. The van der Waals surface area contributed by atoms with Crippen LogP contribution in [-0.2, 0) is 16.1 Å². The number of thiophene rings is 1. The van der Waals surface area contributed by atoms with Crippen molar-refractivity contribution in [1.29, 1.82) is 0 Å². The van der Waals surface area contributed by atoms with Crippen molar-refractivity contribution in [2.45, 2.75) is 13.5 Å². The van der Waals surface area contributed by atoms with Crippen molar-refractivity contribution in [1.82, 2.24) is 4.98 Å². The fourth-order valence-electron chi connectivity index (χ4n) is 3.14. The van der Waals surface area contributed by atoms with Crippen LogP contribution < -0.4 is 4.90 Å². The predicted molar refractivity (Wildman–Crippen MR) is 110 cm³/mol. The van der Waals surface area contributed by atoms with Crippen LogP contribution in [0.4, 0.5) is 11.4 Å². The number of aromatic nitrogens is 1. The number of oxazole rings is 1. The number of benzene rings is 1. The molecule has 0 radical (unpaired) electrons. The average Bonchev–Trinajstić information content (AvgIpc) is 3.42. The standard InChI is InChI=1S/C20H19N3O6S/c1-13-16(21-19(29-13)18-3-2-10-30-18)12-28-20(24)15-11-14(4-5-17(15)23(25)26)22-6-8-27-9-7-22/h2-5,10-11H,6-9,12H2,1H3. The van der Waals surface area contributed by atoms with Gasteiger partial charge < -0.3 is 18.8 Å². The summed E-state index contributed by atoms with van der Waals surface area (Å²) in [5.74, 6) is 0.202. The quantitative estimate of drug-likeness (QED) is 0.331. The van der Waals surface area contributed by atoms with E-state index < -0.39 is 10.9 Å². The molecule has 1 aromatic carbocycles. The van der Waals surface area contributed by atoms with E-state index in [-0.39, 0.29) is 17.9 Å². The van der Waals surface area contributed by atoms with Crippen LogP contribution in [0.5, 0.6) is 0 Å². The van der Waals surface area contributed by atoms with E-state index >= 15 is 0 Å². The molecular formula is C20H19N3O6S. The van der Waals surface area contributed by atoms with Crippen LogP contribution in [0.25, 0.3) is 10.8 Å². The van der Waals surface area contributed by atoms with Crippen LogP contribution in [0.2, 0.25) is 0 Å². The largest absolute Gasteiger partial charge is 0.455 e. The fourth-order valence-corrected chi connectivity index (χ4v) is 3.79. The molecule has 9 nitrogen and oxygen atoms in total. The molecule has 1 fully saturated rings. The second kappa shape index (κ2) is 8.64. The summed E-state index contributed by atoms with van der Waals surface area (Å²) in [4.78, 5) is 30.8. The van der Waals surface area contributed by atoms with Crippen LogP contribution in [0, 0.1) is 17.0 Å². The second-order valence-corrected chi connectivity index (χ2v) is 7.58. The number of nitro groups is 1. The van der Waals surface area contributed by atoms with Gasteiger partial charge in [-0.05, 0) is 30.5 Å². The molecule has 1 aliphatic heterocycles. The summed E-state index contributed by atoms with van der Waals surface area (Å²) >= 11 is 1.49. The Morgan fingerprint density at radius 1 is 1.33 bits per heavy atom. The van der Waals surface area contributed by atoms with E-state index in [9.17, 15) is 14.9 Å². The Balaban J connectivity index is 1.53. The molecule has 0 N–H and O–H groups in total. The van der Waals surface area contributed by atoms with Gasteiger partial charge in [0.1, 0.15) is 23.6 Å². The molecule has 3 heterocycles. The van der Waals surface area contributed by atoms with E-state index in [0.717, 1.165) is 4.88 Å². The lowest BCUT2D eigenvalue weighted by Crippen LogP contribution is -2.36. The zero-order valence-electron chi connectivity index (χ0n) is 16.2. The molecule has 156 valence electrons. The molecule has 10 heteroatoms. The maximum Gasteiger partial charge on any atom is 0.345 e. The first-order valence-electron chi connectivity index (χ1n) is 9.31. The highest BCUT2D eigenvalue weighted by Gasteiger charge is 2.25. The number of hydrogen-bond donors (Lipinski definition) is 0. The molecule has 2 aromatic heterocycles. The van der Waals surface area contributed by atoms with E-state index in [1.807, 2.05) is 22.4 Å². The van der Waals surface area contributed by atoms with Gasteiger partial charge in [0.15, 0.2) is 0 Å². The molecule has 1 saturated heterocycles. The van der Waals surface area contributed by atoms with Crippen molar-refractivity contribution in [3.63, 3.8) is 0 Å². The number of nitrogens with zero attached hydrogens (tertiary/aromatic N) is 3. The zero-order valence-corrected chi connectivity index (χ0v) is 17.0. The normalized spacial score (nSPS) is 14.0. The van der Waals surface area contributed by atoms with Crippen LogP contribution in [-0.4, -0.2) is 42.2 Å². The first-order valence-corrected chi connectivity index (χ1v) is 10.2. The molecule has 1 aliphatic rings. The monoisotopic (exact) mass is 429 g/mol.